The van der Waals surface area contributed by atoms with E-state index in [0.29, 0.717) is 5.56 Å². The van der Waals surface area contributed by atoms with Crippen LogP contribution in [0.1, 0.15) is 56.3 Å². The summed E-state index contributed by atoms with van der Waals surface area (Å²) in [6.07, 6.45) is -1.15. The molecule has 2 rings (SSSR count). The molecule has 10 nitrogen and oxygen atoms in total. The number of amides is 4. The van der Waals surface area contributed by atoms with Crippen molar-refractivity contribution < 1.29 is 29.0 Å². The molecule has 2 atom stereocenters. The Morgan fingerprint density at radius 1 is 1.05 bits per heavy atom. The standard InChI is InChI=1S/C28H38N4O6/c1-19-9-8-12-21(17-19)24(25(35)30-18-20-10-6-5-7-11-20)32(15-16-33)26(36)22(13-14-23(29)34)31-27(37)38-28(2,3)4/h5-12,17,22,24,33H,13-16,18H2,1-4H3,(H2,29,34)(H,30,35)(H,31,37). The zero-order chi connectivity index (χ0) is 28.3. The number of aliphatic hydroxyl groups is 1. The van der Waals surface area contributed by atoms with E-state index in [0.717, 1.165) is 11.1 Å². The summed E-state index contributed by atoms with van der Waals surface area (Å²) in [6, 6.07) is 14.1. The molecule has 0 aliphatic carbocycles. The molecule has 2 unspecified atom stereocenters. The highest BCUT2D eigenvalue weighted by Gasteiger charge is 2.36. The lowest BCUT2D eigenvalue weighted by atomic mass is 10.00. The van der Waals surface area contributed by atoms with Crippen molar-refractivity contribution in [3.63, 3.8) is 0 Å². The van der Waals surface area contributed by atoms with Crippen LogP contribution in [0.2, 0.25) is 0 Å². The number of benzene rings is 2. The van der Waals surface area contributed by atoms with E-state index < -0.39 is 48.1 Å². The van der Waals surface area contributed by atoms with E-state index >= 15 is 0 Å². The van der Waals surface area contributed by atoms with Crippen molar-refractivity contribution in [3.8, 4) is 0 Å². The lowest BCUT2D eigenvalue weighted by Gasteiger charge is -2.34. The maximum absolute atomic E-state index is 13.8. The monoisotopic (exact) mass is 526 g/mol. The van der Waals surface area contributed by atoms with Gasteiger partial charge in [-0.25, -0.2) is 4.79 Å². The molecule has 0 fully saturated rings. The van der Waals surface area contributed by atoms with Crippen LogP contribution < -0.4 is 16.4 Å². The van der Waals surface area contributed by atoms with Crippen LogP contribution in [0.15, 0.2) is 54.6 Å². The Morgan fingerprint density at radius 2 is 1.74 bits per heavy atom. The Kier molecular flexibility index (Phi) is 11.3. The van der Waals surface area contributed by atoms with Gasteiger partial charge in [0.2, 0.25) is 17.7 Å². The van der Waals surface area contributed by atoms with Crippen molar-refractivity contribution >= 4 is 23.8 Å². The first-order valence-electron chi connectivity index (χ1n) is 12.5. The number of hydrogen-bond donors (Lipinski definition) is 4. The molecule has 0 aliphatic rings. The minimum absolute atomic E-state index is 0.110. The molecule has 2 aromatic carbocycles. The van der Waals surface area contributed by atoms with Crippen molar-refractivity contribution in [2.24, 2.45) is 5.73 Å². The number of rotatable bonds is 12. The second kappa shape index (κ2) is 14.1. The van der Waals surface area contributed by atoms with Gasteiger partial charge in [-0.3, -0.25) is 14.4 Å². The predicted molar refractivity (Wildman–Crippen MR) is 143 cm³/mol. The van der Waals surface area contributed by atoms with Crippen LogP contribution in [0.5, 0.6) is 0 Å². The maximum Gasteiger partial charge on any atom is 0.408 e. The first-order chi connectivity index (χ1) is 17.9. The number of carbonyl (C=O) groups excluding carboxylic acids is 4. The molecule has 0 bridgehead atoms. The summed E-state index contributed by atoms with van der Waals surface area (Å²) in [4.78, 5) is 52.7. The SMILES string of the molecule is Cc1cccc(C(C(=O)NCc2ccccc2)N(CCO)C(=O)C(CCC(N)=O)NC(=O)OC(C)(C)C)c1. The van der Waals surface area contributed by atoms with Crippen LogP contribution in [-0.4, -0.2) is 58.6 Å². The molecule has 0 saturated carbocycles. The van der Waals surface area contributed by atoms with Gasteiger partial charge in [-0.1, -0.05) is 60.2 Å². The fourth-order valence-electron chi connectivity index (χ4n) is 3.86. The highest BCUT2D eigenvalue weighted by atomic mass is 16.6. The second-order valence-corrected chi connectivity index (χ2v) is 9.98. The number of nitrogens with two attached hydrogens (primary N) is 1. The van der Waals surface area contributed by atoms with Crippen LogP contribution in [-0.2, 0) is 25.7 Å². The molecule has 0 aliphatic heterocycles. The highest BCUT2D eigenvalue weighted by molar-refractivity contribution is 5.92. The number of carbonyl (C=O) groups is 4. The van der Waals surface area contributed by atoms with E-state index in [-0.39, 0.29) is 25.9 Å². The van der Waals surface area contributed by atoms with Crippen molar-refractivity contribution in [1.82, 2.24) is 15.5 Å². The van der Waals surface area contributed by atoms with Gasteiger partial charge >= 0.3 is 6.09 Å². The van der Waals surface area contributed by atoms with Gasteiger partial charge in [0, 0.05) is 19.5 Å². The molecule has 5 N–H and O–H groups in total. The summed E-state index contributed by atoms with van der Waals surface area (Å²) >= 11 is 0. The zero-order valence-electron chi connectivity index (χ0n) is 22.4. The Balaban J connectivity index is 2.43. The first kappa shape index (κ1) is 30.3. The molecule has 0 spiro atoms. The molecule has 0 radical (unpaired) electrons. The maximum atomic E-state index is 13.8. The van der Waals surface area contributed by atoms with Gasteiger partial charge in [0.25, 0.3) is 0 Å². The Hall–Kier alpha value is -3.92. The normalized spacial score (nSPS) is 12.7. The van der Waals surface area contributed by atoms with Crippen molar-refractivity contribution in [2.75, 3.05) is 13.2 Å². The summed E-state index contributed by atoms with van der Waals surface area (Å²) < 4.78 is 5.30. The average Bonchev–Trinajstić information content (AvgIpc) is 2.84. The van der Waals surface area contributed by atoms with Crippen molar-refractivity contribution in [3.05, 3.63) is 71.3 Å². The number of nitrogens with zero attached hydrogens (tertiary/aromatic N) is 1. The van der Waals surface area contributed by atoms with E-state index in [1.807, 2.05) is 43.3 Å². The van der Waals surface area contributed by atoms with Gasteiger partial charge in [0.05, 0.1) is 6.61 Å². The quantitative estimate of drug-likeness (QED) is 0.333. The fourth-order valence-corrected chi connectivity index (χ4v) is 3.86. The summed E-state index contributed by atoms with van der Waals surface area (Å²) in [7, 11) is 0. The third-order valence-electron chi connectivity index (χ3n) is 5.52. The van der Waals surface area contributed by atoms with Gasteiger partial charge in [-0.2, -0.15) is 0 Å². The Morgan fingerprint density at radius 3 is 2.32 bits per heavy atom. The summed E-state index contributed by atoms with van der Waals surface area (Å²) in [5.74, 6) is -1.78. The number of nitrogens with one attached hydrogen (secondary N) is 2. The van der Waals surface area contributed by atoms with E-state index in [9.17, 15) is 24.3 Å². The van der Waals surface area contributed by atoms with E-state index in [2.05, 4.69) is 10.6 Å². The highest BCUT2D eigenvalue weighted by Crippen LogP contribution is 2.24. The van der Waals surface area contributed by atoms with E-state index in [1.54, 1.807) is 39.0 Å². The van der Waals surface area contributed by atoms with Gasteiger partial charge in [0.1, 0.15) is 17.7 Å². The van der Waals surface area contributed by atoms with Gasteiger partial charge in [-0.05, 0) is 45.2 Å². The molecule has 0 saturated heterocycles. The molecule has 0 aromatic heterocycles. The predicted octanol–water partition coefficient (Wildman–Crippen LogP) is 2.33. The van der Waals surface area contributed by atoms with Crippen molar-refractivity contribution in [2.45, 2.75) is 64.8 Å². The van der Waals surface area contributed by atoms with Crippen LogP contribution in [0.25, 0.3) is 0 Å². The van der Waals surface area contributed by atoms with Crippen LogP contribution >= 0.6 is 0 Å². The lowest BCUT2D eigenvalue weighted by molar-refractivity contribution is -0.143. The van der Waals surface area contributed by atoms with Gasteiger partial charge in [0.15, 0.2) is 0 Å². The minimum atomic E-state index is -1.22. The molecule has 4 amide bonds. The molecular formula is C28H38N4O6. The summed E-state index contributed by atoms with van der Waals surface area (Å²) in [5, 5.41) is 15.2. The number of primary amides is 1. The number of hydrogen-bond acceptors (Lipinski definition) is 6. The van der Waals surface area contributed by atoms with E-state index in [1.165, 1.54) is 4.90 Å². The average molecular weight is 527 g/mol. The fraction of sp³-hybridized carbons (Fsp3) is 0.429. The van der Waals surface area contributed by atoms with Crippen molar-refractivity contribution in [1.29, 1.82) is 0 Å². The third kappa shape index (κ3) is 9.85. The topological polar surface area (TPSA) is 151 Å². The summed E-state index contributed by atoms with van der Waals surface area (Å²) in [5.41, 5.74) is 6.75. The zero-order valence-corrected chi connectivity index (χ0v) is 22.4. The molecule has 2 aromatic rings. The number of alkyl carbamates (subject to hydrolysis) is 1. The number of aliphatic hydroxyl groups excluding tert-OH is 1. The van der Waals surface area contributed by atoms with E-state index in [4.69, 9.17) is 10.5 Å². The smallest absolute Gasteiger partial charge is 0.408 e. The number of ether oxygens (including phenoxy) is 1. The van der Waals surface area contributed by atoms with Gasteiger partial charge < -0.3 is 31.1 Å². The Labute approximate surface area is 223 Å². The molecule has 38 heavy (non-hydrogen) atoms. The molecule has 10 heteroatoms. The summed E-state index contributed by atoms with van der Waals surface area (Å²) in [6.45, 7) is 6.49. The second-order valence-electron chi connectivity index (χ2n) is 9.98. The first-order valence-corrected chi connectivity index (χ1v) is 12.5. The van der Waals surface area contributed by atoms with Crippen LogP contribution in [0.3, 0.4) is 0 Å². The van der Waals surface area contributed by atoms with Crippen LogP contribution in [0.4, 0.5) is 4.79 Å². The largest absolute Gasteiger partial charge is 0.444 e. The van der Waals surface area contributed by atoms with Crippen LogP contribution in [0, 0.1) is 6.92 Å². The molecule has 0 heterocycles. The minimum Gasteiger partial charge on any atom is -0.444 e. The lowest BCUT2D eigenvalue weighted by Crippen LogP contribution is -2.53. The molecular weight excluding hydrogens is 488 g/mol. The molecule has 206 valence electrons. The number of aryl methyl sites for hydroxylation is 1. The Bertz CT molecular complexity index is 1100. The van der Waals surface area contributed by atoms with Gasteiger partial charge in [-0.15, -0.1) is 0 Å². The third-order valence-corrected chi connectivity index (χ3v) is 5.52.